The Bertz CT molecular complexity index is 598. The zero-order valence-corrected chi connectivity index (χ0v) is 10.6. The molecule has 3 rings (SSSR count). The second kappa shape index (κ2) is 4.81. The van der Waals surface area contributed by atoms with Crippen molar-refractivity contribution in [1.82, 2.24) is 15.0 Å². The third kappa shape index (κ3) is 2.22. The standard InChI is InChI=1S/C13H14N4O2/c1-18-11-3-2-8(6-15-11)13-16-10-4-5-19-7-9(10)12(14)17-13/h2-3,6H,4-5,7H2,1H3,(H2,14,16,17). The lowest BCUT2D eigenvalue weighted by atomic mass is 10.1. The van der Waals surface area contributed by atoms with Crippen molar-refractivity contribution in [3.8, 4) is 17.3 Å². The number of hydrogen-bond donors (Lipinski definition) is 1. The lowest BCUT2D eigenvalue weighted by Gasteiger charge is -2.17. The summed E-state index contributed by atoms with van der Waals surface area (Å²) in [5, 5.41) is 0. The van der Waals surface area contributed by atoms with Crippen molar-refractivity contribution in [2.75, 3.05) is 19.5 Å². The van der Waals surface area contributed by atoms with E-state index < -0.39 is 0 Å². The van der Waals surface area contributed by atoms with Crippen LogP contribution in [0.15, 0.2) is 18.3 Å². The van der Waals surface area contributed by atoms with Crippen molar-refractivity contribution in [3.63, 3.8) is 0 Å². The molecule has 6 nitrogen and oxygen atoms in total. The Morgan fingerprint density at radius 3 is 2.95 bits per heavy atom. The van der Waals surface area contributed by atoms with Crippen molar-refractivity contribution in [1.29, 1.82) is 0 Å². The van der Waals surface area contributed by atoms with Crippen molar-refractivity contribution in [2.45, 2.75) is 13.0 Å². The summed E-state index contributed by atoms with van der Waals surface area (Å²) in [6.07, 6.45) is 2.44. The Morgan fingerprint density at radius 1 is 1.32 bits per heavy atom. The third-order valence-electron chi connectivity index (χ3n) is 3.06. The van der Waals surface area contributed by atoms with Crippen LogP contribution in [-0.2, 0) is 17.8 Å². The maximum Gasteiger partial charge on any atom is 0.212 e. The van der Waals surface area contributed by atoms with Gasteiger partial charge in [-0.25, -0.2) is 15.0 Å². The van der Waals surface area contributed by atoms with Crippen molar-refractivity contribution >= 4 is 5.82 Å². The highest BCUT2D eigenvalue weighted by molar-refractivity contribution is 5.58. The fourth-order valence-corrected chi connectivity index (χ4v) is 2.02. The molecule has 2 aromatic rings. The van der Waals surface area contributed by atoms with E-state index in [-0.39, 0.29) is 0 Å². The van der Waals surface area contributed by atoms with Crippen LogP contribution < -0.4 is 10.5 Å². The molecule has 2 aromatic heterocycles. The summed E-state index contributed by atoms with van der Waals surface area (Å²) in [6.45, 7) is 1.16. The largest absolute Gasteiger partial charge is 0.481 e. The number of nitrogens with two attached hydrogens (primary N) is 1. The van der Waals surface area contributed by atoms with Crippen LogP contribution >= 0.6 is 0 Å². The fraction of sp³-hybridized carbons (Fsp3) is 0.308. The molecular weight excluding hydrogens is 244 g/mol. The molecule has 3 heterocycles. The molecule has 0 fully saturated rings. The lowest BCUT2D eigenvalue weighted by Crippen LogP contribution is -2.16. The van der Waals surface area contributed by atoms with Crippen molar-refractivity contribution in [2.24, 2.45) is 0 Å². The summed E-state index contributed by atoms with van der Waals surface area (Å²) in [6, 6.07) is 3.64. The summed E-state index contributed by atoms with van der Waals surface area (Å²) >= 11 is 0. The number of anilines is 1. The Labute approximate surface area is 110 Å². The van der Waals surface area contributed by atoms with E-state index in [1.165, 1.54) is 0 Å². The van der Waals surface area contributed by atoms with Crippen molar-refractivity contribution in [3.05, 3.63) is 29.6 Å². The maximum absolute atomic E-state index is 5.96. The summed E-state index contributed by atoms with van der Waals surface area (Å²) < 4.78 is 10.4. The third-order valence-corrected chi connectivity index (χ3v) is 3.06. The summed E-state index contributed by atoms with van der Waals surface area (Å²) in [7, 11) is 1.58. The fourth-order valence-electron chi connectivity index (χ4n) is 2.02. The molecule has 0 bridgehead atoms. The van der Waals surface area contributed by atoms with Crippen LogP contribution in [0.4, 0.5) is 5.82 Å². The highest BCUT2D eigenvalue weighted by Gasteiger charge is 2.17. The van der Waals surface area contributed by atoms with Gasteiger partial charge in [-0.15, -0.1) is 0 Å². The van der Waals surface area contributed by atoms with Gasteiger partial charge in [0.2, 0.25) is 5.88 Å². The Kier molecular flexibility index (Phi) is 3.00. The smallest absolute Gasteiger partial charge is 0.212 e. The zero-order chi connectivity index (χ0) is 13.2. The lowest BCUT2D eigenvalue weighted by molar-refractivity contribution is 0.109. The quantitative estimate of drug-likeness (QED) is 0.871. The van der Waals surface area contributed by atoms with Gasteiger partial charge < -0.3 is 15.2 Å². The van der Waals surface area contributed by atoms with E-state index in [2.05, 4.69) is 15.0 Å². The number of hydrogen-bond acceptors (Lipinski definition) is 6. The van der Waals surface area contributed by atoms with E-state index in [4.69, 9.17) is 15.2 Å². The molecule has 0 radical (unpaired) electrons. The Balaban J connectivity index is 2.02. The number of ether oxygens (including phenoxy) is 2. The van der Waals surface area contributed by atoms with E-state index in [0.717, 1.165) is 23.2 Å². The average Bonchev–Trinajstić information content (AvgIpc) is 2.47. The first kappa shape index (κ1) is 11.9. The molecule has 98 valence electrons. The number of nitrogens with zero attached hydrogens (tertiary/aromatic N) is 3. The van der Waals surface area contributed by atoms with Gasteiger partial charge in [-0.1, -0.05) is 0 Å². The first-order valence-electron chi connectivity index (χ1n) is 6.01. The number of rotatable bonds is 2. The predicted molar refractivity (Wildman–Crippen MR) is 69.6 cm³/mol. The van der Waals surface area contributed by atoms with Crippen LogP contribution in [0.3, 0.4) is 0 Å². The van der Waals surface area contributed by atoms with E-state index >= 15 is 0 Å². The van der Waals surface area contributed by atoms with Gasteiger partial charge in [0.05, 0.1) is 26.0 Å². The molecule has 0 atom stereocenters. The highest BCUT2D eigenvalue weighted by atomic mass is 16.5. The normalized spacial score (nSPS) is 13.9. The van der Waals surface area contributed by atoms with Gasteiger partial charge in [-0.3, -0.25) is 0 Å². The average molecular weight is 258 g/mol. The molecular formula is C13H14N4O2. The molecule has 0 saturated heterocycles. The van der Waals surface area contributed by atoms with Crippen LogP contribution in [-0.4, -0.2) is 28.7 Å². The van der Waals surface area contributed by atoms with Gasteiger partial charge >= 0.3 is 0 Å². The number of fused-ring (bicyclic) bond motifs is 1. The first-order valence-corrected chi connectivity index (χ1v) is 6.01. The number of nitrogen functional groups attached to an aromatic ring is 1. The van der Waals surface area contributed by atoms with Gasteiger partial charge in [-0.2, -0.15) is 0 Å². The van der Waals surface area contributed by atoms with Gasteiger partial charge in [0.25, 0.3) is 0 Å². The molecule has 19 heavy (non-hydrogen) atoms. The molecule has 1 aliphatic rings. The second-order valence-corrected chi connectivity index (χ2v) is 4.25. The predicted octanol–water partition coefficient (Wildman–Crippen LogP) is 1.20. The number of pyridine rings is 1. The molecule has 2 N–H and O–H groups in total. The van der Waals surface area contributed by atoms with Crippen LogP contribution in [0.25, 0.3) is 11.4 Å². The van der Waals surface area contributed by atoms with E-state index in [0.29, 0.717) is 30.7 Å². The topological polar surface area (TPSA) is 83.2 Å². The van der Waals surface area contributed by atoms with Gasteiger partial charge in [-0.05, 0) is 6.07 Å². The maximum atomic E-state index is 5.96. The highest BCUT2D eigenvalue weighted by Crippen LogP contribution is 2.24. The minimum atomic E-state index is 0.482. The minimum absolute atomic E-state index is 0.482. The summed E-state index contributed by atoms with van der Waals surface area (Å²) in [4.78, 5) is 13.0. The number of aromatic nitrogens is 3. The first-order chi connectivity index (χ1) is 9.28. The van der Waals surface area contributed by atoms with Gasteiger partial charge in [0.15, 0.2) is 5.82 Å². The second-order valence-electron chi connectivity index (χ2n) is 4.25. The Hall–Kier alpha value is -2.21. The number of methoxy groups -OCH3 is 1. The molecule has 0 amide bonds. The SMILES string of the molecule is COc1ccc(-c2nc(N)c3c(n2)CCOC3)cn1. The van der Waals surface area contributed by atoms with Crippen LogP contribution in [0.2, 0.25) is 0 Å². The van der Waals surface area contributed by atoms with Crippen LogP contribution in [0.5, 0.6) is 5.88 Å². The summed E-state index contributed by atoms with van der Waals surface area (Å²) in [5.41, 5.74) is 8.64. The van der Waals surface area contributed by atoms with Gasteiger partial charge in [0, 0.05) is 29.8 Å². The molecule has 6 heteroatoms. The molecule has 0 aliphatic carbocycles. The zero-order valence-electron chi connectivity index (χ0n) is 10.6. The van der Waals surface area contributed by atoms with E-state index in [1.54, 1.807) is 19.4 Å². The summed E-state index contributed by atoms with van der Waals surface area (Å²) in [5.74, 6) is 1.63. The molecule has 1 aliphatic heterocycles. The molecule has 0 spiro atoms. The molecule has 0 saturated carbocycles. The molecule has 0 aromatic carbocycles. The molecule has 0 unspecified atom stereocenters. The monoisotopic (exact) mass is 258 g/mol. The minimum Gasteiger partial charge on any atom is -0.481 e. The Morgan fingerprint density at radius 2 is 2.21 bits per heavy atom. The van der Waals surface area contributed by atoms with Crippen molar-refractivity contribution < 1.29 is 9.47 Å². The van der Waals surface area contributed by atoms with Crippen LogP contribution in [0, 0.1) is 0 Å². The van der Waals surface area contributed by atoms with Gasteiger partial charge in [0.1, 0.15) is 5.82 Å². The van der Waals surface area contributed by atoms with Crippen LogP contribution in [0.1, 0.15) is 11.3 Å². The van der Waals surface area contributed by atoms with E-state index in [9.17, 15) is 0 Å². The van der Waals surface area contributed by atoms with E-state index in [1.807, 2.05) is 6.07 Å².